The lowest BCUT2D eigenvalue weighted by molar-refractivity contribution is 0.104. The van der Waals surface area contributed by atoms with Gasteiger partial charge in [0, 0.05) is 5.56 Å². The predicted octanol–water partition coefficient (Wildman–Crippen LogP) is 9.01. The fourth-order valence-electron chi connectivity index (χ4n) is 4.97. The Bertz CT molecular complexity index is 973. The van der Waals surface area contributed by atoms with Crippen LogP contribution in [0.15, 0.2) is 36.4 Å². The molecule has 3 atom stereocenters. The third-order valence-corrected chi connectivity index (χ3v) is 6.92. The average Bonchev–Trinajstić information content (AvgIpc) is 2.82. The first kappa shape index (κ1) is 27.7. The van der Waals surface area contributed by atoms with Crippen LogP contribution in [0.25, 0.3) is 6.08 Å². The minimum atomic E-state index is -0.178. The Morgan fingerprint density at radius 3 is 2.18 bits per heavy atom. The molecule has 0 bridgehead atoms. The lowest BCUT2D eigenvalue weighted by atomic mass is 9.86. The third-order valence-electron chi connectivity index (χ3n) is 6.92. The molecule has 2 rings (SSSR count). The summed E-state index contributed by atoms with van der Waals surface area (Å²) in [7, 11) is 1.73. The van der Waals surface area contributed by atoms with Crippen LogP contribution in [0.5, 0.6) is 11.5 Å². The summed E-state index contributed by atoms with van der Waals surface area (Å²) in [4.78, 5) is 13.2. The zero-order valence-electron chi connectivity index (χ0n) is 22.3. The van der Waals surface area contributed by atoms with Crippen LogP contribution < -0.4 is 4.74 Å². The molecule has 3 nitrogen and oxygen atoms in total. The Morgan fingerprint density at radius 1 is 0.941 bits per heavy atom. The SMILES string of the molecule is CCCC(C)c1cc(/C=C/C(=O)c2cccc(C(C)CCC)c2O)c(C(C)CCC)c(OC)c1. The monoisotopic (exact) mass is 464 g/mol. The number of hydrogen-bond acceptors (Lipinski definition) is 3. The average molecular weight is 465 g/mol. The van der Waals surface area contributed by atoms with Crippen molar-refractivity contribution in [2.75, 3.05) is 7.11 Å². The van der Waals surface area contributed by atoms with Gasteiger partial charge in [-0.05, 0) is 71.9 Å². The Morgan fingerprint density at radius 2 is 1.56 bits per heavy atom. The number of phenols is 1. The molecule has 0 saturated heterocycles. The summed E-state index contributed by atoms with van der Waals surface area (Å²) in [6.07, 6.45) is 9.88. The molecule has 0 aliphatic carbocycles. The molecule has 0 amide bonds. The van der Waals surface area contributed by atoms with Gasteiger partial charge in [-0.3, -0.25) is 4.79 Å². The summed E-state index contributed by atoms with van der Waals surface area (Å²) >= 11 is 0. The standard InChI is InChI=1S/C31H44O3/c1-8-12-21(4)25-19-24(30(23(6)14-10-3)29(20-25)34-7)17-18-28(32)27-16-11-15-26(31(27)33)22(5)13-9-2/h11,15-23,33H,8-10,12-14H2,1-7H3/b18-17+. The van der Waals surface area contributed by atoms with Gasteiger partial charge in [0.05, 0.1) is 12.7 Å². The second-order valence-corrected chi connectivity index (χ2v) is 9.74. The van der Waals surface area contributed by atoms with E-state index in [0.717, 1.165) is 61.0 Å². The molecule has 0 fully saturated rings. The maximum atomic E-state index is 13.2. The van der Waals surface area contributed by atoms with Crippen molar-refractivity contribution in [3.63, 3.8) is 0 Å². The van der Waals surface area contributed by atoms with E-state index in [4.69, 9.17) is 4.74 Å². The highest BCUT2D eigenvalue weighted by Gasteiger charge is 2.20. The number of carbonyl (C=O) groups is 1. The van der Waals surface area contributed by atoms with Gasteiger partial charge in [-0.2, -0.15) is 0 Å². The number of methoxy groups -OCH3 is 1. The number of benzene rings is 2. The first-order valence-corrected chi connectivity index (χ1v) is 13.0. The molecule has 186 valence electrons. The number of para-hydroxylation sites is 1. The lowest BCUT2D eigenvalue weighted by Gasteiger charge is -2.21. The van der Waals surface area contributed by atoms with Crippen molar-refractivity contribution in [1.82, 2.24) is 0 Å². The highest BCUT2D eigenvalue weighted by molar-refractivity contribution is 6.09. The van der Waals surface area contributed by atoms with Crippen LogP contribution >= 0.6 is 0 Å². The molecule has 2 aromatic carbocycles. The van der Waals surface area contributed by atoms with E-state index in [1.165, 1.54) is 5.56 Å². The van der Waals surface area contributed by atoms with Crippen molar-refractivity contribution in [1.29, 1.82) is 0 Å². The van der Waals surface area contributed by atoms with E-state index in [9.17, 15) is 9.90 Å². The van der Waals surface area contributed by atoms with Gasteiger partial charge in [0.25, 0.3) is 0 Å². The quantitative estimate of drug-likeness (QED) is 0.237. The maximum Gasteiger partial charge on any atom is 0.189 e. The number of carbonyl (C=O) groups excluding carboxylic acids is 1. The van der Waals surface area contributed by atoms with E-state index in [0.29, 0.717) is 17.4 Å². The summed E-state index contributed by atoms with van der Waals surface area (Å²) in [5.74, 6) is 1.77. The van der Waals surface area contributed by atoms with Crippen LogP contribution in [0.2, 0.25) is 0 Å². The zero-order valence-corrected chi connectivity index (χ0v) is 22.3. The summed E-state index contributed by atoms with van der Waals surface area (Å²) in [6, 6.07) is 9.89. The Balaban J connectivity index is 2.51. The summed E-state index contributed by atoms with van der Waals surface area (Å²) in [5, 5.41) is 10.8. The number of allylic oxidation sites excluding steroid dienone is 1. The molecule has 0 radical (unpaired) electrons. The van der Waals surface area contributed by atoms with Gasteiger partial charge in [-0.1, -0.05) is 85.1 Å². The molecule has 0 spiro atoms. The van der Waals surface area contributed by atoms with Gasteiger partial charge in [-0.25, -0.2) is 0 Å². The molecule has 3 heteroatoms. The smallest absolute Gasteiger partial charge is 0.189 e. The Kier molecular flexibility index (Phi) is 10.9. The molecule has 0 aliphatic rings. The van der Waals surface area contributed by atoms with Crippen LogP contribution in [-0.4, -0.2) is 18.0 Å². The van der Waals surface area contributed by atoms with Crippen LogP contribution in [0.3, 0.4) is 0 Å². The predicted molar refractivity (Wildman–Crippen MR) is 144 cm³/mol. The van der Waals surface area contributed by atoms with E-state index in [1.54, 1.807) is 19.3 Å². The zero-order chi connectivity index (χ0) is 25.3. The maximum absolute atomic E-state index is 13.2. The largest absolute Gasteiger partial charge is 0.507 e. The van der Waals surface area contributed by atoms with Crippen molar-refractivity contribution in [2.24, 2.45) is 0 Å². The molecule has 0 aromatic heterocycles. The fourth-order valence-corrected chi connectivity index (χ4v) is 4.97. The van der Waals surface area contributed by atoms with Crippen molar-refractivity contribution < 1.29 is 14.6 Å². The van der Waals surface area contributed by atoms with Gasteiger partial charge in [-0.15, -0.1) is 0 Å². The first-order chi connectivity index (χ1) is 16.3. The summed E-state index contributed by atoms with van der Waals surface area (Å²) in [5.41, 5.74) is 4.62. The second-order valence-electron chi connectivity index (χ2n) is 9.74. The number of hydrogen-bond donors (Lipinski definition) is 1. The molecular weight excluding hydrogens is 420 g/mol. The minimum Gasteiger partial charge on any atom is -0.507 e. The van der Waals surface area contributed by atoms with Gasteiger partial charge in [0.1, 0.15) is 11.5 Å². The molecular formula is C31H44O3. The minimum absolute atomic E-state index is 0.112. The van der Waals surface area contributed by atoms with Gasteiger partial charge in [0.2, 0.25) is 0 Å². The number of aromatic hydroxyl groups is 1. The summed E-state index contributed by atoms with van der Waals surface area (Å²) in [6.45, 7) is 13.1. The van der Waals surface area contributed by atoms with E-state index < -0.39 is 0 Å². The first-order valence-electron chi connectivity index (χ1n) is 13.0. The van der Waals surface area contributed by atoms with Gasteiger partial charge in [0.15, 0.2) is 5.78 Å². The number of ether oxygens (including phenoxy) is 1. The number of phenolic OH excluding ortho intramolecular Hbond substituents is 1. The lowest BCUT2D eigenvalue weighted by Crippen LogP contribution is -2.05. The van der Waals surface area contributed by atoms with Crippen LogP contribution in [0.4, 0.5) is 0 Å². The molecule has 2 aromatic rings. The van der Waals surface area contributed by atoms with Crippen molar-refractivity contribution in [3.05, 3.63) is 64.2 Å². The number of rotatable bonds is 13. The highest BCUT2D eigenvalue weighted by Crippen LogP contribution is 2.38. The topological polar surface area (TPSA) is 46.5 Å². The van der Waals surface area contributed by atoms with Crippen LogP contribution in [0.1, 0.15) is 130 Å². The Hall–Kier alpha value is -2.55. The third kappa shape index (κ3) is 6.74. The van der Waals surface area contributed by atoms with Crippen molar-refractivity contribution in [2.45, 2.75) is 97.8 Å². The van der Waals surface area contributed by atoms with E-state index in [-0.39, 0.29) is 17.5 Å². The second kappa shape index (κ2) is 13.4. The molecule has 0 aliphatic heterocycles. The normalized spacial score (nSPS) is 14.2. The number of ketones is 1. The van der Waals surface area contributed by atoms with Crippen molar-refractivity contribution in [3.8, 4) is 11.5 Å². The van der Waals surface area contributed by atoms with E-state index in [1.807, 2.05) is 18.2 Å². The molecule has 1 N–H and O–H groups in total. The molecule has 3 unspecified atom stereocenters. The van der Waals surface area contributed by atoms with Gasteiger partial charge >= 0.3 is 0 Å². The molecule has 0 heterocycles. The van der Waals surface area contributed by atoms with Crippen LogP contribution in [-0.2, 0) is 0 Å². The fraction of sp³-hybridized carbons (Fsp3) is 0.516. The molecule has 34 heavy (non-hydrogen) atoms. The Labute approximate surface area is 207 Å². The van der Waals surface area contributed by atoms with Crippen molar-refractivity contribution >= 4 is 11.9 Å². The summed E-state index contributed by atoms with van der Waals surface area (Å²) < 4.78 is 5.84. The molecule has 0 saturated carbocycles. The highest BCUT2D eigenvalue weighted by atomic mass is 16.5. The van der Waals surface area contributed by atoms with E-state index >= 15 is 0 Å². The van der Waals surface area contributed by atoms with Gasteiger partial charge < -0.3 is 9.84 Å². The van der Waals surface area contributed by atoms with E-state index in [2.05, 4.69) is 53.7 Å². The van der Waals surface area contributed by atoms with Crippen LogP contribution in [0, 0.1) is 0 Å².